The van der Waals surface area contributed by atoms with Crippen molar-refractivity contribution in [3.63, 3.8) is 0 Å². The van der Waals surface area contributed by atoms with E-state index >= 15 is 0 Å². The molecule has 10 nitrogen and oxygen atoms in total. The van der Waals surface area contributed by atoms with Gasteiger partial charge in [-0.15, -0.1) is 13.2 Å². The van der Waals surface area contributed by atoms with Gasteiger partial charge in [-0.2, -0.15) is 4.90 Å². The lowest BCUT2D eigenvalue weighted by Crippen LogP contribution is -2.53. The van der Waals surface area contributed by atoms with Gasteiger partial charge in [0.1, 0.15) is 23.9 Å². The van der Waals surface area contributed by atoms with Gasteiger partial charge in [-0.1, -0.05) is 12.2 Å². The standard InChI is InChI=1S/C20H31NO9/c1-7-9-27-15-12-26-11-14(17(22)29-13(3)16(15)28-10-8-2)21(18(23)24)19(25)30-20(4,5)6/h7-8,13-16H,1-2,9-12H2,3-6H3,(H,23,24)/t13-,14-,15-,16-/m0/s1. The van der Waals surface area contributed by atoms with Crippen molar-refractivity contribution in [1.29, 1.82) is 0 Å². The summed E-state index contributed by atoms with van der Waals surface area (Å²) in [5.74, 6) is -0.965. The van der Waals surface area contributed by atoms with Crippen molar-refractivity contribution in [1.82, 2.24) is 4.90 Å². The highest BCUT2D eigenvalue weighted by atomic mass is 16.6. The molecule has 1 aliphatic rings. The summed E-state index contributed by atoms with van der Waals surface area (Å²) in [6.07, 6.45) is -1.97. The molecule has 0 aromatic rings. The van der Waals surface area contributed by atoms with E-state index in [2.05, 4.69) is 13.2 Å². The molecule has 0 unspecified atom stereocenters. The van der Waals surface area contributed by atoms with Gasteiger partial charge in [-0.05, 0) is 27.7 Å². The largest absolute Gasteiger partial charge is 0.464 e. The SMILES string of the molecule is C=CCO[C@H]1[C@H](C)OC(=O)[C@@H](N(C(=O)O)C(=O)OC(C)(C)C)COC[C@@H]1OCC=C. The minimum Gasteiger partial charge on any atom is -0.464 e. The van der Waals surface area contributed by atoms with Crippen LogP contribution in [0.2, 0.25) is 0 Å². The van der Waals surface area contributed by atoms with Crippen LogP contribution in [0.15, 0.2) is 25.3 Å². The lowest BCUT2D eigenvalue weighted by molar-refractivity contribution is -0.167. The maximum Gasteiger partial charge on any atom is 0.420 e. The number of imide groups is 1. The number of nitrogens with zero attached hydrogens (tertiary/aromatic N) is 1. The Morgan fingerprint density at radius 1 is 1.20 bits per heavy atom. The van der Waals surface area contributed by atoms with E-state index in [1.54, 1.807) is 33.8 Å². The molecule has 2 amide bonds. The number of carbonyl (C=O) groups excluding carboxylic acids is 2. The van der Waals surface area contributed by atoms with Crippen molar-refractivity contribution in [2.75, 3.05) is 26.4 Å². The Hall–Kier alpha value is -2.43. The van der Waals surface area contributed by atoms with Crippen LogP contribution >= 0.6 is 0 Å². The van der Waals surface area contributed by atoms with Crippen LogP contribution in [-0.2, 0) is 28.5 Å². The molecule has 1 saturated heterocycles. The molecule has 0 spiro atoms. The first kappa shape index (κ1) is 25.6. The van der Waals surface area contributed by atoms with Crippen molar-refractivity contribution in [3.8, 4) is 0 Å². The van der Waals surface area contributed by atoms with Crippen LogP contribution < -0.4 is 0 Å². The zero-order chi connectivity index (χ0) is 22.9. The maximum absolute atomic E-state index is 12.7. The van der Waals surface area contributed by atoms with Crippen LogP contribution in [0.4, 0.5) is 9.59 Å². The first-order valence-electron chi connectivity index (χ1n) is 9.50. The topological polar surface area (TPSA) is 121 Å². The predicted octanol–water partition coefficient (Wildman–Crippen LogP) is 2.37. The normalized spacial score (nSPS) is 25.1. The van der Waals surface area contributed by atoms with E-state index in [9.17, 15) is 19.5 Å². The zero-order valence-corrected chi connectivity index (χ0v) is 17.9. The number of ether oxygens (including phenoxy) is 5. The van der Waals surface area contributed by atoms with Crippen LogP contribution in [-0.4, -0.2) is 84.5 Å². The first-order chi connectivity index (χ1) is 14.0. The van der Waals surface area contributed by atoms with Gasteiger partial charge in [0.25, 0.3) is 0 Å². The quantitative estimate of drug-likeness (QED) is 0.480. The highest BCUT2D eigenvalue weighted by molar-refractivity contribution is 5.93. The van der Waals surface area contributed by atoms with Crippen LogP contribution in [0.25, 0.3) is 0 Å². The average molecular weight is 429 g/mol. The van der Waals surface area contributed by atoms with Gasteiger partial charge < -0.3 is 28.8 Å². The zero-order valence-electron chi connectivity index (χ0n) is 17.9. The molecule has 1 aliphatic heterocycles. The Morgan fingerprint density at radius 2 is 1.80 bits per heavy atom. The average Bonchev–Trinajstić information content (AvgIpc) is 2.66. The summed E-state index contributed by atoms with van der Waals surface area (Å²) < 4.78 is 27.4. The molecule has 0 aromatic heterocycles. The predicted molar refractivity (Wildman–Crippen MR) is 106 cm³/mol. The highest BCUT2D eigenvalue weighted by Gasteiger charge is 2.42. The van der Waals surface area contributed by atoms with Gasteiger partial charge in [0, 0.05) is 0 Å². The number of hydrogen-bond donors (Lipinski definition) is 1. The van der Waals surface area contributed by atoms with Crippen molar-refractivity contribution in [3.05, 3.63) is 25.3 Å². The summed E-state index contributed by atoms with van der Waals surface area (Å²) >= 11 is 0. The highest BCUT2D eigenvalue weighted by Crippen LogP contribution is 2.20. The van der Waals surface area contributed by atoms with Gasteiger partial charge >= 0.3 is 18.2 Å². The Bertz CT molecular complexity index is 628. The van der Waals surface area contributed by atoms with E-state index in [4.69, 9.17) is 23.7 Å². The molecule has 0 bridgehead atoms. The van der Waals surface area contributed by atoms with Gasteiger partial charge in [0.2, 0.25) is 0 Å². The molecule has 1 N–H and O–H groups in total. The van der Waals surface area contributed by atoms with Crippen molar-refractivity contribution >= 4 is 18.2 Å². The number of carbonyl (C=O) groups is 3. The molecule has 1 rings (SSSR count). The number of amides is 2. The third kappa shape index (κ3) is 7.77. The van der Waals surface area contributed by atoms with E-state index in [0.717, 1.165) is 0 Å². The molecular weight excluding hydrogens is 398 g/mol. The smallest absolute Gasteiger partial charge is 0.420 e. The molecule has 0 aromatic carbocycles. The van der Waals surface area contributed by atoms with Crippen molar-refractivity contribution in [2.24, 2.45) is 0 Å². The monoisotopic (exact) mass is 429 g/mol. The van der Waals surface area contributed by atoms with Crippen LogP contribution in [0.5, 0.6) is 0 Å². The molecule has 1 fully saturated rings. The lowest BCUT2D eigenvalue weighted by atomic mass is 10.1. The van der Waals surface area contributed by atoms with Gasteiger partial charge in [0.05, 0.1) is 26.4 Å². The van der Waals surface area contributed by atoms with Crippen LogP contribution in [0.3, 0.4) is 0 Å². The molecular formula is C20H31NO9. The number of hydrogen-bond acceptors (Lipinski definition) is 8. The van der Waals surface area contributed by atoms with E-state index in [0.29, 0.717) is 0 Å². The molecule has 170 valence electrons. The summed E-state index contributed by atoms with van der Waals surface area (Å²) in [6.45, 7) is 13.4. The van der Waals surface area contributed by atoms with Gasteiger partial charge in [-0.3, -0.25) is 0 Å². The lowest BCUT2D eigenvalue weighted by Gasteiger charge is -2.30. The Morgan fingerprint density at radius 3 is 2.33 bits per heavy atom. The summed E-state index contributed by atoms with van der Waals surface area (Å²) in [5.41, 5.74) is -0.964. The fourth-order valence-electron chi connectivity index (χ4n) is 2.68. The number of esters is 1. The Kier molecular flexibility index (Phi) is 9.97. The molecule has 30 heavy (non-hydrogen) atoms. The van der Waals surface area contributed by atoms with Crippen LogP contribution in [0, 0.1) is 0 Å². The Balaban J connectivity index is 3.14. The summed E-state index contributed by atoms with van der Waals surface area (Å²) in [6, 6.07) is -1.56. The maximum atomic E-state index is 12.7. The van der Waals surface area contributed by atoms with E-state index < -0.39 is 54.7 Å². The second-order valence-corrected chi connectivity index (χ2v) is 7.58. The summed E-state index contributed by atoms with van der Waals surface area (Å²) in [4.78, 5) is 37.2. The Labute approximate surface area is 176 Å². The third-order valence-corrected chi connectivity index (χ3v) is 3.90. The molecule has 0 radical (unpaired) electrons. The summed E-state index contributed by atoms with van der Waals surface area (Å²) in [7, 11) is 0. The molecule has 0 aliphatic carbocycles. The molecule has 1 heterocycles. The molecule has 10 heteroatoms. The van der Waals surface area contributed by atoms with E-state index in [1.807, 2.05) is 0 Å². The van der Waals surface area contributed by atoms with Crippen molar-refractivity contribution < 1.29 is 43.2 Å². The van der Waals surface area contributed by atoms with E-state index in [-0.39, 0.29) is 24.7 Å². The molecule has 0 saturated carbocycles. The number of rotatable bonds is 7. The minimum atomic E-state index is -1.67. The molecule has 4 atom stereocenters. The fraction of sp³-hybridized carbons (Fsp3) is 0.650. The first-order valence-corrected chi connectivity index (χ1v) is 9.50. The van der Waals surface area contributed by atoms with Crippen molar-refractivity contribution in [2.45, 2.75) is 57.6 Å². The van der Waals surface area contributed by atoms with Gasteiger partial charge in [-0.25, -0.2) is 14.4 Å². The third-order valence-electron chi connectivity index (χ3n) is 3.90. The number of carboxylic acid groups (broad SMARTS) is 1. The van der Waals surface area contributed by atoms with Crippen LogP contribution in [0.1, 0.15) is 27.7 Å². The summed E-state index contributed by atoms with van der Waals surface area (Å²) in [5, 5.41) is 9.54. The number of cyclic esters (lactones) is 1. The van der Waals surface area contributed by atoms with Gasteiger partial charge in [0.15, 0.2) is 6.04 Å². The second-order valence-electron chi connectivity index (χ2n) is 7.58. The fourth-order valence-corrected chi connectivity index (χ4v) is 2.68. The van der Waals surface area contributed by atoms with E-state index in [1.165, 1.54) is 6.08 Å². The minimum absolute atomic E-state index is 0.0328. The second kappa shape index (κ2) is 11.7.